The average molecular weight is 696 g/mol. The molecule has 1 aromatic heterocycles. The molecule has 1 atom stereocenters. The molecule has 4 heteroatoms. The van der Waals surface area contributed by atoms with Crippen molar-refractivity contribution in [2.75, 3.05) is 0 Å². The second kappa shape index (κ2) is 11.9. The number of rotatable bonds is 5. The fourth-order valence-electron chi connectivity index (χ4n) is 8.57. The molecule has 1 spiro atoms. The third kappa shape index (κ3) is 4.90. The highest BCUT2D eigenvalue weighted by Gasteiger charge is 2.51. The highest BCUT2D eigenvalue weighted by molar-refractivity contribution is 6.88. The van der Waals surface area contributed by atoms with Crippen molar-refractivity contribution >= 4 is 13.3 Å². The Morgan fingerprint density at radius 2 is 0.811 bits per heavy atom. The van der Waals surface area contributed by atoms with Crippen molar-refractivity contribution in [1.82, 2.24) is 15.0 Å². The Labute approximate surface area is 311 Å². The molecule has 0 amide bonds. The summed E-state index contributed by atoms with van der Waals surface area (Å²) in [6, 6.07) is 61.5. The van der Waals surface area contributed by atoms with E-state index in [0.29, 0.717) is 17.5 Å². The van der Waals surface area contributed by atoms with E-state index in [-0.39, 0.29) is 5.41 Å². The van der Waals surface area contributed by atoms with E-state index in [1.165, 1.54) is 55.3 Å². The van der Waals surface area contributed by atoms with Crippen LogP contribution < -0.4 is 5.19 Å². The first-order chi connectivity index (χ1) is 25.9. The second-order valence-electron chi connectivity index (χ2n) is 15.2. The fourth-order valence-corrected chi connectivity index (χ4v) is 9.73. The zero-order valence-corrected chi connectivity index (χ0v) is 31.0. The molecule has 252 valence electrons. The lowest BCUT2D eigenvalue weighted by atomic mass is 9.70. The summed E-state index contributed by atoms with van der Waals surface area (Å²) in [7, 11) is -1.58. The van der Waals surface area contributed by atoms with Crippen LogP contribution in [0.2, 0.25) is 19.6 Å². The number of fused-ring (bicyclic) bond motifs is 10. The van der Waals surface area contributed by atoms with Crippen LogP contribution in [-0.2, 0) is 5.41 Å². The molecule has 8 aromatic rings. The summed E-state index contributed by atoms with van der Waals surface area (Å²) in [5, 5.41) is 1.49. The minimum absolute atomic E-state index is 0.361. The number of hydrogen-bond donors (Lipinski definition) is 0. The second-order valence-corrected chi connectivity index (χ2v) is 20.3. The Morgan fingerprint density at radius 3 is 1.43 bits per heavy atom. The Bertz CT molecular complexity index is 2660. The van der Waals surface area contributed by atoms with Gasteiger partial charge >= 0.3 is 0 Å². The van der Waals surface area contributed by atoms with Crippen molar-refractivity contribution in [2.24, 2.45) is 0 Å². The van der Waals surface area contributed by atoms with E-state index in [4.69, 9.17) is 15.0 Å². The summed E-state index contributed by atoms with van der Waals surface area (Å²) in [5.41, 5.74) is 15.6. The quantitative estimate of drug-likeness (QED) is 0.168. The van der Waals surface area contributed by atoms with Crippen molar-refractivity contribution in [3.63, 3.8) is 0 Å². The highest BCUT2D eigenvalue weighted by Crippen LogP contribution is 2.62. The summed E-state index contributed by atoms with van der Waals surface area (Å²) in [4.78, 5) is 14.9. The Morgan fingerprint density at radius 1 is 0.340 bits per heavy atom. The van der Waals surface area contributed by atoms with Gasteiger partial charge in [-0.25, -0.2) is 15.0 Å². The van der Waals surface area contributed by atoms with Gasteiger partial charge in [-0.1, -0.05) is 183 Å². The van der Waals surface area contributed by atoms with Gasteiger partial charge in [-0.3, -0.25) is 0 Å². The van der Waals surface area contributed by atoms with Crippen LogP contribution in [0.25, 0.3) is 67.5 Å². The van der Waals surface area contributed by atoms with Crippen molar-refractivity contribution in [3.8, 4) is 67.5 Å². The van der Waals surface area contributed by atoms with Gasteiger partial charge in [0.05, 0.1) is 13.5 Å². The first-order valence-corrected chi connectivity index (χ1v) is 21.9. The van der Waals surface area contributed by atoms with Gasteiger partial charge in [-0.05, 0) is 67.8 Å². The van der Waals surface area contributed by atoms with E-state index in [2.05, 4.69) is 129 Å². The standard InChI is InChI=1S/C49H37N3Si/c1-53(2,3)37-26-27-40-38-21-10-12-23-42(38)49(45(40)31-37)43-24-13-11-22-39(43)41-30-35(25-28-44(41)49)34-19-14-20-36(29-34)48-51-46(32-15-6-4-7-16-32)50-47(52-48)33-17-8-5-9-18-33/h4-31H,1-3H3. The molecule has 0 saturated heterocycles. The van der Waals surface area contributed by atoms with Crippen LogP contribution in [0.1, 0.15) is 22.3 Å². The minimum atomic E-state index is -1.58. The topological polar surface area (TPSA) is 38.7 Å². The van der Waals surface area contributed by atoms with Crippen molar-refractivity contribution in [3.05, 3.63) is 192 Å². The molecule has 0 aliphatic heterocycles. The first-order valence-electron chi connectivity index (χ1n) is 18.4. The van der Waals surface area contributed by atoms with Crippen molar-refractivity contribution < 1.29 is 0 Å². The van der Waals surface area contributed by atoms with Crippen LogP contribution >= 0.6 is 0 Å². The predicted octanol–water partition coefficient (Wildman–Crippen LogP) is 11.4. The molecule has 2 aliphatic carbocycles. The molecule has 3 nitrogen and oxygen atoms in total. The summed E-state index contributed by atoms with van der Waals surface area (Å²) in [5.74, 6) is 1.98. The molecule has 0 N–H and O–H groups in total. The normalized spacial score (nSPS) is 15.2. The zero-order chi connectivity index (χ0) is 35.7. The molecule has 53 heavy (non-hydrogen) atoms. The van der Waals surface area contributed by atoms with E-state index < -0.39 is 8.07 Å². The number of nitrogens with zero attached hydrogens (tertiary/aromatic N) is 3. The SMILES string of the molecule is C[Si](C)(C)c1ccc2c(c1)C1(c3ccccc3-c3cc(-c4cccc(-c5nc(-c6ccccc6)nc(-c6ccccc6)n5)c4)ccc31)c1ccccc1-2. The van der Waals surface area contributed by atoms with Crippen LogP contribution in [-0.4, -0.2) is 23.0 Å². The summed E-state index contributed by atoms with van der Waals surface area (Å²) >= 11 is 0. The van der Waals surface area contributed by atoms with Crippen LogP contribution in [0.15, 0.2) is 170 Å². The molecule has 2 aliphatic rings. The van der Waals surface area contributed by atoms with E-state index in [1.54, 1.807) is 0 Å². The summed E-state index contributed by atoms with van der Waals surface area (Å²) < 4.78 is 0. The van der Waals surface area contributed by atoms with Crippen LogP contribution in [0, 0.1) is 0 Å². The molecular weight excluding hydrogens is 659 g/mol. The third-order valence-corrected chi connectivity index (χ3v) is 13.2. The maximum Gasteiger partial charge on any atom is 0.164 e. The lowest BCUT2D eigenvalue weighted by Gasteiger charge is -2.31. The van der Waals surface area contributed by atoms with E-state index in [0.717, 1.165) is 22.3 Å². The molecule has 10 rings (SSSR count). The maximum absolute atomic E-state index is 5.02. The molecule has 0 fully saturated rings. The van der Waals surface area contributed by atoms with Gasteiger partial charge in [0.1, 0.15) is 0 Å². The highest BCUT2D eigenvalue weighted by atomic mass is 28.3. The van der Waals surface area contributed by atoms with E-state index in [1.807, 2.05) is 60.7 Å². The lowest BCUT2D eigenvalue weighted by Crippen LogP contribution is -2.38. The van der Waals surface area contributed by atoms with Gasteiger partial charge in [0.15, 0.2) is 17.5 Å². The Hall–Kier alpha value is -6.23. The lowest BCUT2D eigenvalue weighted by molar-refractivity contribution is 0.794. The zero-order valence-electron chi connectivity index (χ0n) is 30.0. The van der Waals surface area contributed by atoms with Crippen molar-refractivity contribution in [1.29, 1.82) is 0 Å². The van der Waals surface area contributed by atoms with Crippen LogP contribution in [0.3, 0.4) is 0 Å². The van der Waals surface area contributed by atoms with Gasteiger partial charge in [0.25, 0.3) is 0 Å². The largest absolute Gasteiger partial charge is 0.208 e. The maximum atomic E-state index is 5.02. The number of aromatic nitrogens is 3. The average Bonchev–Trinajstić information content (AvgIpc) is 3.68. The molecule has 0 radical (unpaired) electrons. The molecule has 7 aromatic carbocycles. The first kappa shape index (κ1) is 31.5. The summed E-state index contributed by atoms with van der Waals surface area (Å²) in [6.45, 7) is 7.34. The van der Waals surface area contributed by atoms with Gasteiger partial charge in [-0.2, -0.15) is 0 Å². The van der Waals surface area contributed by atoms with E-state index in [9.17, 15) is 0 Å². The van der Waals surface area contributed by atoms with Crippen molar-refractivity contribution in [2.45, 2.75) is 25.1 Å². The summed E-state index contributed by atoms with van der Waals surface area (Å²) in [6.07, 6.45) is 0. The van der Waals surface area contributed by atoms with Gasteiger partial charge < -0.3 is 0 Å². The van der Waals surface area contributed by atoms with Crippen LogP contribution in [0.5, 0.6) is 0 Å². The van der Waals surface area contributed by atoms with Gasteiger partial charge in [-0.15, -0.1) is 0 Å². The molecule has 0 saturated carbocycles. The fraction of sp³-hybridized carbons (Fsp3) is 0.0816. The number of hydrogen-bond acceptors (Lipinski definition) is 3. The Balaban J connectivity index is 1.14. The molecular formula is C49H37N3Si. The Kier molecular flexibility index (Phi) is 7.08. The third-order valence-electron chi connectivity index (χ3n) is 11.1. The van der Waals surface area contributed by atoms with Crippen LogP contribution in [0.4, 0.5) is 0 Å². The monoisotopic (exact) mass is 695 g/mol. The predicted molar refractivity (Wildman–Crippen MR) is 221 cm³/mol. The van der Waals surface area contributed by atoms with Gasteiger partial charge in [0, 0.05) is 16.7 Å². The van der Waals surface area contributed by atoms with E-state index >= 15 is 0 Å². The molecule has 1 heterocycles. The minimum Gasteiger partial charge on any atom is -0.208 e. The number of benzene rings is 7. The smallest absolute Gasteiger partial charge is 0.164 e. The molecule has 1 unspecified atom stereocenters. The molecule has 0 bridgehead atoms. The van der Waals surface area contributed by atoms with Gasteiger partial charge in [0.2, 0.25) is 0 Å².